The minimum atomic E-state index is -1.09. The monoisotopic (exact) mass is 277 g/mol. The Kier molecular flexibility index (Phi) is 3.55. The Balaban J connectivity index is 2.53. The molecule has 0 radical (unpaired) electrons. The summed E-state index contributed by atoms with van der Waals surface area (Å²) in [6.07, 6.45) is 1.39. The first-order valence-corrected chi connectivity index (χ1v) is 5.99. The summed E-state index contributed by atoms with van der Waals surface area (Å²) in [4.78, 5) is 26.2. The van der Waals surface area contributed by atoms with Gasteiger partial charge in [-0.05, 0) is 6.92 Å². The number of carbonyl (C=O) groups is 2. The van der Waals surface area contributed by atoms with Gasteiger partial charge in [0.05, 0.1) is 16.8 Å². The number of carbonyl (C=O) groups excluding carboxylic acids is 1. The Bertz CT molecular complexity index is 692. The van der Waals surface area contributed by atoms with Gasteiger partial charge in [-0.1, -0.05) is 0 Å². The number of pyridine rings is 1. The molecule has 0 unspecified atom stereocenters. The highest BCUT2D eigenvalue weighted by Gasteiger charge is 2.19. The maximum Gasteiger partial charge on any atom is 0.339 e. The molecule has 0 saturated carbocycles. The number of nitrogens with one attached hydrogen (secondary N) is 1. The summed E-state index contributed by atoms with van der Waals surface area (Å²) in [7, 11) is 1.73. The van der Waals surface area contributed by atoms with E-state index in [9.17, 15) is 14.7 Å². The van der Waals surface area contributed by atoms with Crippen LogP contribution in [0, 0.1) is 6.92 Å². The standard InChI is InChI=1S/C12H15N5O3/c1-6-9-10(14-4-3-8(13)18)7(12(19)20)5-15-11(9)17(2)16-6/h5H,3-4H2,1-2H3,(H2,13,18)(H,14,15)(H,19,20). The molecule has 8 nitrogen and oxygen atoms in total. The minimum Gasteiger partial charge on any atom is -0.478 e. The lowest BCUT2D eigenvalue weighted by atomic mass is 10.1. The zero-order valence-corrected chi connectivity index (χ0v) is 11.2. The van der Waals surface area contributed by atoms with Crippen molar-refractivity contribution in [2.45, 2.75) is 13.3 Å². The van der Waals surface area contributed by atoms with E-state index in [-0.39, 0.29) is 18.5 Å². The van der Waals surface area contributed by atoms with E-state index in [1.165, 1.54) is 6.20 Å². The maximum atomic E-state index is 11.3. The van der Waals surface area contributed by atoms with Crippen molar-refractivity contribution >= 4 is 28.6 Å². The largest absolute Gasteiger partial charge is 0.478 e. The number of aromatic nitrogens is 3. The van der Waals surface area contributed by atoms with Gasteiger partial charge < -0.3 is 16.2 Å². The Morgan fingerprint density at radius 3 is 2.80 bits per heavy atom. The molecule has 2 heterocycles. The fourth-order valence-corrected chi connectivity index (χ4v) is 2.07. The van der Waals surface area contributed by atoms with E-state index in [2.05, 4.69) is 15.4 Å². The Hall–Kier alpha value is -2.64. The van der Waals surface area contributed by atoms with Crippen molar-refractivity contribution in [3.8, 4) is 0 Å². The molecule has 2 rings (SSSR count). The SMILES string of the molecule is Cc1nn(C)c2ncc(C(=O)O)c(NCCC(N)=O)c12. The molecule has 4 N–H and O–H groups in total. The van der Waals surface area contributed by atoms with Crippen LogP contribution in [0.2, 0.25) is 0 Å². The number of rotatable bonds is 5. The molecule has 20 heavy (non-hydrogen) atoms. The van der Waals surface area contributed by atoms with Gasteiger partial charge in [0, 0.05) is 26.2 Å². The van der Waals surface area contributed by atoms with Crippen molar-refractivity contribution in [3.63, 3.8) is 0 Å². The first-order chi connectivity index (χ1) is 9.41. The van der Waals surface area contributed by atoms with Gasteiger partial charge in [0.2, 0.25) is 5.91 Å². The highest BCUT2D eigenvalue weighted by Crippen LogP contribution is 2.28. The van der Waals surface area contributed by atoms with Gasteiger partial charge in [-0.25, -0.2) is 9.78 Å². The van der Waals surface area contributed by atoms with Crippen LogP contribution in [0.15, 0.2) is 6.20 Å². The molecular weight excluding hydrogens is 262 g/mol. The zero-order chi connectivity index (χ0) is 14.9. The lowest BCUT2D eigenvalue weighted by Gasteiger charge is -2.10. The molecule has 0 bridgehead atoms. The molecular formula is C12H15N5O3. The predicted octanol–water partition coefficient (Wildman–Crippen LogP) is 0.262. The number of amides is 1. The van der Waals surface area contributed by atoms with Crippen molar-refractivity contribution < 1.29 is 14.7 Å². The van der Waals surface area contributed by atoms with E-state index in [0.717, 1.165) is 0 Å². The molecule has 2 aromatic heterocycles. The third-order valence-electron chi connectivity index (χ3n) is 2.93. The van der Waals surface area contributed by atoms with Crippen LogP contribution in [0.25, 0.3) is 11.0 Å². The van der Waals surface area contributed by atoms with E-state index in [1.807, 2.05) is 0 Å². The summed E-state index contributed by atoms with van der Waals surface area (Å²) in [5, 5.41) is 17.0. The molecule has 1 amide bonds. The number of nitrogens with zero attached hydrogens (tertiary/aromatic N) is 3. The molecule has 0 aromatic carbocycles. The van der Waals surface area contributed by atoms with Gasteiger partial charge in [0.1, 0.15) is 5.56 Å². The second kappa shape index (κ2) is 5.16. The average Bonchev–Trinajstić information content (AvgIpc) is 2.64. The molecule has 0 spiro atoms. The topological polar surface area (TPSA) is 123 Å². The summed E-state index contributed by atoms with van der Waals surface area (Å²) in [5.74, 6) is -1.55. The van der Waals surface area contributed by atoms with Crippen LogP contribution in [0.4, 0.5) is 5.69 Å². The molecule has 0 aliphatic carbocycles. The smallest absolute Gasteiger partial charge is 0.339 e. The average molecular weight is 277 g/mol. The Labute approximate surface area is 114 Å². The number of nitrogens with two attached hydrogens (primary N) is 1. The highest BCUT2D eigenvalue weighted by atomic mass is 16.4. The third-order valence-corrected chi connectivity index (χ3v) is 2.93. The van der Waals surface area contributed by atoms with Gasteiger partial charge >= 0.3 is 5.97 Å². The maximum absolute atomic E-state index is 11.3. The van der Waals surface area contributed by atoms with Crippen molar-refractivity contribution in [3.05, 3.63) is 17.5 Å². The molecule has 0 fully saturated rings. The molecule has 8 heteroatoms. The number of fused-ring (bicyclic) bond motifs is 1. The lowest BCUT2D eigenvalue weighted by molar-refractivity contribution is -0.117. The van der Waals surface area contributed by atoms with Crippen LogP contribution in [-0.4, -0.2) is 38.3 Å². The normalized spacial score (nSPS) is 10.7. The Morgan fingerprint density at radius 2 is 2.20 bits per heavy atom. The first kappa shape index (κ1) is 13.8. The number of hydrogen-bond donors (Lipinski definition) is 3. The summed E-state index contributed by atoms with van der Waals surface area (Å²) < 4.78 is 1.58. The summed E-state index contributed by atoms with van der Waals surface area (Å²) in [6.45, 7) is 2.03. The number of anilines is 1. The van der Waals surface area contributed by atoms with Crippen molar-refractivity contribution in [1.82, 2.24) is 14.8 Å². The van der Waals surface area contributed by atoms with Gasteiger partial charge in [-0.3, -0.25) is 9.48 Å². The van der Waals surface area contributed by atoms with Crippen LogP contribution in [0.1, 0.15) is 22.5 Å². The zero-order valence-electron chi connectivity index (χ0n) is 11.2. The van der Waals surface area contributed by atoms with E-state index in [4.69, 9.17) is 5.73 Å². The van der Waals surface area contributed by atoms with E-state index < -0.39 is 11.9 Å². The third kappa shape index (κ3) is 2.40. The van der Waals surface area contributed by atoms with Crippen LogP contribution >= 0.6 is 0 Å². The molecule has 0 saturated heterocycles. The lowest BCUT2D eigenvalue weighted by Crippen LogP contribution is -2.17. The quantitative estimate of drug-likeness (QED) is 0.720. The van der Waals surface area contributed by atoms with Crippen LogP contribution in [0.3, 0.4) is 0 Å². The number of primary amides is 1. The number of carboxylic acids is 1. The fraction of sp³-hybridized carbons (Fsp3) is 0.333. The van der Waals surface area contributed by atoms with E-state index >= 15 is 0 Å². The first-order valence-electron chi connectivity index (χ1n) is 5.99. The molecule has 0 atom stereocenters. The van der Waals surface area contributed by atoms with Gasteiger partial charge in [-0.15, -0.1) is 0 Å². The van der Waals surface area contributed by atoms with Crippen molar-refractivity contribution in [1.29, 1.82) is 0 Å². The predicted molar refractivity (Wildman–Crippen MR) is 72.5 cm³/mol. The van der Waals surface area contributed by atoms with Crippen LogP contribution < -0.4 is 11.1 Å². The van der Waals surface area contributed by atoms with E-state index in [0.29, 0.717) is 22.4 Å². The molecule has 0 aliphatic heterocycles. The van der Waals surface area contributed by atoms with Crippen molar-refractivity contribution in [2.24, 2.45) is 12.8 Å². The minimum absolute atomic E-state index is 0.0399. The molecule has 106 valence electrons. The number of carboxylic acid groups (broad SMARTS) is 1. The van der Waals surface area contributed by atoms with Crippen molar-refractivity contribution in [2.75, 3.05) is 11.9 Å². The highest BCUT2D eigenvalue weighted by molar-refractivity contribution is 6.04. The molecule has 2 aromatic rings. The van der Waals surface area contributed by atoms with Crippen LogP contribution in [-0.2, 0) is 11.8 Å². The Morgan fingerprint density at radius 1 is 1.50 bits per heavy atom. The van der Waals surface area contributed by atoms with Gasteiger partial charge in [0.15, 0.2) is 5.65 Å². The summed E-state index contributed by atoms with van der Waals surface area (Å²) >= 11 is 0. The number of aromatic carboxylic acids is 1. The van der Waals surface area contributed by atoms with Gasteiger partial charge in [-0.2, -0.15) is 5.10 Å². The van der Waals surface area contributed by atoms with Crippen LogP contribution in [0.5, 0.6) is 0 Å². The second-order valence-electron chi connectivity index (χ2n) is 4.40. The number of hydrogen-bond acceptors (Lipinski definition) is 5. The summed E-state index contributed by atoms with van der Waals surface area (Å²) in [6, 6.07) is 0. The fourth-order valence-electron chi connectivity index (χ4n) is 2.07. The molecule has 0 aliphatic rings. The summed E-state index contributed by atoms with van der Waals surface area (Å²) in [5.41, 5.74) is 6.77. The van der Waals surface area contributed by atoms with E-state index in [1.54, 1.807) is 18.7 Å². The van der Waals surface area contributed by atoms with Gasteiger partial charge in [0.25, 0.3) is 0 Å². The second-order valence-corrected chi connectivity index (χ2v) is 4.40. The number of aryl methyl sites for hydroxylation is 2.